The van der Waals surface area contributed by atoms with Crippen LogP contribution in [0.5, 0.6) is 0 Å². The minimum Gasteiger partial charge on any atom is -0.202 e. The van der Waals surface area contributed by atoms with Crippen molar-refractivity contribution < 1.29 is 8.42 Å². The Kier molecular flexibility index (Phi) is 7.13. The molecule has 2 atom stereocenters. The number of nitrogens with zero attached hydrogens (tertiary/aromatic N) is 1. The molecule has 2 unspecified atom stereocenters. The molecule has 1 fully saturated rings. The third kappa shape index (κ3) is 5.15. The second-order valence-corrected chi connectivity index (χ2v) is 7.76. The van der Waals surface area contributed by atoms with Gasteiger partial charge in [-0.2, -0.15) is 12.7 Å². The van der Waals surface area contributed by atoms with Crippen LogP contribution in [0.4, 0.5) is 0 Å². The smallest absolute Gasteiger partial charge is 0.202 e. The predicted molar refractivity (Wildman–Crippen MR) is 79.1 cm³/mol. The second-order valence-electron chi connectivity index (χ2n) is 5.21. The standard InChI is InChI=1S/C12H25BrN2O2S/c1-3-12(6-7-13)9-14-18(16,17)15-8-4-5-11(2)10-15/h11-12,14H,3-10H2,1-2H3. The lowest BCUT2D eigenvalue weighted by molar-refractivity contribution is 0.277. The lowest BCUT2D eigenvalue weighted by atomic mass is 10.0. The van der Waals surface area contributed by atoms with E-state index in [1.807, 2.05) is 0 Å². The first-order chi connectivity index (χ1) is 8.49. The van der Waals surface area contributed by atoms with Gasteiger partial charge in [0.25, 0.3) is 10.2 Å². The zero-order valence-corrected chi connectivity index (χ0v) is 13.8. The quantitative estimate of drug-likeness (QED) is 0.723. The van der Waals surface area contributed by atoms with Crippen molar-refractivity contribution in [3.63, 3.8) is 0 Å². The highest BCUT2D eigenvalue weighted by molar-refractivity contribution is 9.09. The van der Waals surface area contributed by atoms with Gasteiger partial charge in [-0.25, -0.2) is 4.72 Å². The van der Waals surface area contributed by atoms with E-state index in [1.54, 1.807) is 4.31 Å². The Balaban J connectivity index is 2.48. The van der Waals surface area contributed by atoms with Crippen molar-refractivity contribution in [2.45, 2.75) is 39.5 Å². The van der Waals surface area contributed by atoms with Crippen molar-refractivity contribution in [3.05, 3.63) is 0 Å². The van der Waals surface area contributed by atoms with Crippen LogP contribution >= 0.6 is 15.9 Å². The first kappa shape index (κ1) is 16.4. The molecule has 0 aromatic rings. The molecule has 1 aliphatic heterocycles. The summed E-state index contributed by atoms with van der Waals surface area (Å²) < 4.78 is 28.7. The average Bonchev–Trinajstić information content (AvgIpc) is 2.34. The summed E-state index contributed by atoms with van der Waals surface area (Å²) in [6, 6.07) is 0. The van der Waals surface area contributed by atoms with Crippen LogP contribution in [-0.2, 0) is 10.2 Å². The molecule has 4 nitrogen and oxygen atoms in total. The minimum absolute atomic E-state index is 0.418. The van der Waals surface area contributed by atoms with Gasteiger partial charge in [-0.15, -0.1) is 0 Å². The van der Waals surface area contributed by atoms with Crippen LogP contribution < -0.4 is 4.72 Å². The Bertz CT molecular complexity index is 335. The van der Waals surface area contributed by atoms with E-state index in [-0.39, 0.29) is 0 Å². The number of hydrogen-bond acceptors (Lipinski definition) is 2. The lowest BCUT2D eigenvalue weighted by Gasteiger charge is -2.30. The third-order valence-electron chi connectivity index (χ3n) is 3.61. The van der Waals surface area contributed by atoms with Crippen LogP contribution in [0.25, 0.3) is 0 Å². The van der Waals surface area contributed by atoms with Crippen LogP contribution in [0.3, 0.4) is 0 Å². The molecule has 0 aromatic carbocycles. The normalized spacial score (nSPS) is 24.1. The highest BCUT2D eigenvalue weighted by Gasteiger charge is 2.27. The highest BCUT2D eigenvalue weighted by Crippen LogP contribution is 2.18. The van der Waals surface area contributed by atoms with Gasteiger partial charge in [-0.05, 0) is 31.1 Å². The highest BCUT2D eigenvalue weighted by atomic mass is 79.9. The Morgan fingerprint density at radius 2 is 2.22 bits per heavy atom. The van der Waals surface area contributed by atoms with Crippen molar-refractivity contribution in [3.8, 4) is 0 Å². The summed E-state index contributed by atoms with van der Waals surface area (Å²) in [4.78, 5) is 0. The van der Waals surface area contributed by atoms with Crippen LogP contribution in [-0.4, -0.2) is 37.7 Å². The summed E-state index contributed by atoms with van der Waals surface area (Å²) in [6.45, 7) is 6.08. The van der Waals surface area contributed by atoms with Gasteiger partial charge < -0.3 is 0 Å². The number of hydrogen-bond donors (Lipinski definition) is 1. The van der Waals surface area contributed by atoms with Gasteiger partial charge in [0.1, 0.15) is 0 Å². The second kappa shape index (κ2) is 7.82. The average molecular weight is 341 g/mol. The van der Waals surface area contributed by atoms with E-state index in [9.17, 15) is 8.42 Å². The van der Waals surface area contributed by atoms with E-state index in [0.717, 1.165) is 31.0 Å². The van der Waals surface area contributed by atoms with E-state index in [4.69, 9.17) is 0 Å². The summed E-state index contributed by atoms with van der Waals surface area (Å²) in [6.07, 6.45) is 4.12. The Morgan fingerprint density at radius 3 is 2.78 bits per heavy atom. The summed E-state index contributed by atoms with van der Waals surface area (Å²) in [5.41, 5.74) is 0. The molecule has 1 saturated heterocycles. The van der Waals surface area contributed by atoms with E-state index in [1.165, 1.54) is 0 Å². The number of nitrogens with one attached hydrogen (secondary N) is 1. The Morgan fingerprint density at radius 1 is 1.50 bits per heavy atom. The molecule has 0 aromatic heterocycles. The molecular weight excluding hydrogens is 316 g/mol. The number of piperidine rings is 1. The first-order valence-corrected chi connectivity index (χ1v) is 9.36. The van der Waals surface area contributed by atoms with Gasteiger partial charge in [0, 0.05) is 25.0 Å². The monoisotopic (exact) mass is 340 g/mol. The molecule has 0 amide bonds. The molecule has 1 rings (SSSR count). The maximum absolute atomic E-state index is 12.2. The van der Waals surface area contributed by atoms with E-state index in [2.05, 4.69) is 34.5 Å². The number of halogens is 1. The molecule has 0 aliphatic carbocycles. The van der Waals surface area contributed by atoms with Gasteiger partial charge in [-0.1, -0.05) is 36.2 Å². The van der Waals surface area contributed by atoms with Gasteiger partial charge in [-0.3, -0.25) is 0 Å². The fourth-order valence-electron chi connectivity index (χ4n) is 2.28. The van der Waals surface area contributed by atoms with Crippen LogP contribution in [0.15, 0.2) is 0 Å². The Hall–Kier alpha value is 0.350. The topological polar surface area (TPSA) is 49.4 Å². The molecular formula is C12H25BrN2O2S. The molecule has 0 saturated carbocycles. The molecule has 0 spiro atoms. The van der Waals surface area contributed by atoms with Crippen molar-refractivity contribution >= 4 is 26.1 Å². The van der Waals surface area contributed by atoms with E-state index in [0.29, 0.717) is 31.5 Å². The SMILES string of the molecule is CCC(CCBr)CNS(=O)(=O)N1CCCC(C)C1. The summed E-state index contributed by atoms with van der Waals surface area (Å²) in [5, 5.41) is 0.925. The minimum atomic E-state index is -3.27. The summed E-state index contributed by atoms with van der Waals surface area (Å²) >= 11 is 3.41. The zero-order chi connectivity index (χ0) is 13.6. The molecule has 1 N–H and O–H groups in total. The first-order valence-electron chi connectivity index (χ1n) is 6.80. The van der Waals surface area contributed by atoms with Crippen LogP contribution in [0.1, 0.15) is 39.5 Å². The molecule has 0 radical (unpaired) electrons. The van der Waals surface area contributed by atoms with Crippen molar-refractivity contribution in [1.29, 1.82) is 0 Å². The fourth-order valence-corrected chi connectivity index (χ4v) is 4.38. The molecule has 1 aliphatic rings. The maximum Gasteiger partial charge on any atom is 0.279 e. The molecule has 18 heavy (non-hydrogen) atoms. The van der Waals surface area contributed by atoms with Crippen molar-refractivity contribution in [1.82, 2.24) is 9.03 Å². The summed E-state index contributed by atoms with van der Waals surface area (Å²) in [7, 11) is -3.27. The number of rotatable bonds is 7. The van der Waals surface area contributed by atoms with E-state index < -0.39 is 10.2 Å². The predicted octanol–water partition coefficient (Wildman–Crippen LogP) is 2.36. The fraction of sp³-hybridized carbons (Fsp3) is 1.00. The van der Waals surface area contributed by atoms with Crippen molar-refractivity contribution in [2.75, 3.05) is 25.0 Å². The summed E-state index contributed by atoms with van der Waals surface area (Å²) in [5.74, 6) is 0.890. The molecule has 108 valence electrons. The van der Waals surface area contributed by atoms with Crippen LogP contribution in [0.2, 0.25) is 0 Å². The van der Waals surface area contributed by atoms with Gasteiger partial charge in [0.05, 0.1) is 0 Å². The number of alkyl halides is 1. The van der Waals surface area contributed by atoms with Gasteiger partial charge in [0.15, 0.2) is 0 Å². The third-order valence-corrected chi connectivity index (χ3v) is 5.61. The van der Waals surface area contributed by atoms with Gasteiger partial charge >= 0.3 is 0 Å². The molecule has 1 heterocycles. The van der Waals surface area contributed by atoms with Gasteiger partial charge in [0.2, 0.25) is 0 Å². The Labute approximate surface area is 120 Å². The lowest BCUT2D eigenvalue weighted by Crippen LogP contribution is -2.46. The molecule has 0 bridgehead atoms. The van der Waals surface area contributed by atoms with Crippen molar-refractivity contribution in [2.24, 2.45) is 11.8 Å². The maximum atomic E-state index is 12.2. The molecule has 6 heteroatoms. The van der Waals surface area contributed by atoms with E-state index >= 15 is 0 Å². The zero-order valence-electron chi connectivity index (χ0n) is 11.4. The largest absolute Gasteiger partial charge is 0.279 e. The van der Waals surface area contributed by atoms with Crippen LogP contribution in [0, 0.1) is 11.8 Å².